The number of pyridine rings is 1. The third-order valence-electron chi connectivity index (χ3n) is 2.11. The average Bonchev–Trinajstić information content (AvgIpc) is 2.27. The lowest BCUT2D eigenvalue weighted by atomic mass is 10.1. The van der Waals surface area contributed by atoms with Crippen LogP contribution in [0, 0.1) is 16.1 Å². The smallest absolute Gasteiger partial charge is 0.328 e. The van der Waals surface area contributed by atoms with Crippen LogP contribution in [0.1, 0.15) is 17.6 Å². The number of hydrogen-bond donors (Lipinski definition) is 0. The molecule has 6 nitrogen and oxygen atoms in total. The molecule has 0 aromatic carbocycles. The standard InChI is InChI=1S/C9H7F3N2O4/c1-18-6(15)2-4-5(8(10)11)3-13-9(12)7(4)14(16)17/h3,8H,2H2,1H3. The number of hydrogen-bond acceptors (Lipinski definition) is 5. The molecule has 0 fully saturated rings. The normalized spacial score (nSPS) is 10.5. The number of carbonyl (C=O) groups excluding carboxylic acids is 1. The molecule has 0 aliphatic heterocycles. The molecule has 0 atom stereocenters. The number of carbonyl (C=O) groups is 1. The molecule has 98 valence electrons. The molecule has 9 heteroatoms. The van der Waals surface area contributed by atoms with E-state index in [2.05, 4.69) is 9.72 Å². The van der Waals surface area contributed by atoms with E-state index in [9.17, 15) is 28.1 Å². The highest BCUT2D eigenvalue weighted by molar-refractivity contribution is 5.74. The maximum atomic E-state index is 13.1. The molecular formula is C9H7F3N2O4. The van der Waals surface area contributed by atoms with E-state index in [1.54, 1.807) is 0 Å². The number of aromatic nitrogens is 1. The topological polar surface area (TPSA) is 82.3 Å². The van der Waals surface area contributed by atoms with Gasteiger partial charge >= 0.3 is 11.7 Å². The van der Waals surface area contributed by atoms with Crippen LogP contribution in [-0.2, 0) is 16.0 Å². The fraction of sp³-hybridized carbons (Fsp3) is 0.333. The van der Waals surface area contributed by atoms with Gasteiger partial charge < -0.3 is 4.74 Å². The Kier molecular flexibility index (Phi) is 4.18. The molecule has 0 radical (unpaired) electrons. The van der Waals surface area contributed by atoms with Gasteiger partial charge in [0.05, 0.1) is 24.0 Å². The Labute approximate surface area is 98.5 Å². The lowest BCUT2D eigenvalue weighted by Gasteiger charge is -2.08. The summed E-state index contributed by atoms with van der Waals surface area (Å²) in [7, 11) is 0.980. The summed E-state index contributed by atoms with van der Waals surface area (Å²) in [6, 6.07) is 0. The minimum absolute atomic E-state index is 0.464. The number of alkyl halides is 2. The van der Waals surface area contributed by atoms with E-state index in [1.807, 2.05) is 0 Å². The highest BCUT2D eigenvalue weighted by Crippen LogP contribution is 2.31. The molecule has 0 unspecified atom stereocenters. The fourth-order valence-electron chi connectivity index (χ4n) is 1.30. The van der Waals surface area contributed by atoms with Crippen LogP contribution in [0.3, 0.4) is 0 Å². The zero-order valence-corrected chi connectivity index (χ0v) is 9.02. The second-order valence-corrected chi connectivity index (χ2v) is 3.14. The molecule has 0 amide bonds. The van der Waals surface area contributed by atoms with Gasteiger partial charge in [-0.2, -0.15) is 4.39 Å². The van der Waals surface area contributed by atoms with Crippen molar-refractivity contribution < 1.29 is 27.6 Å². The third kappa shape index (κ3) is 2.73. The number of esters is 1. The van der Waals surface area contributed by atoms with Gasteiger partial charge in [0.2, 0.25) is 0 Å². The summed E-state index contributed by atoms with van der Waals surface area (Å²) in [5, 5.41) is 10.6. The molecule has 1 aromatic heterocycles. The van der Waals surface area contributed by atoms with Gasteiger partial charge in [-0.3, -0.25) is 14.9 Å². The van der Waals surface area contributed by atoms with E-state index < -0.39 is 46.5 Å². The van der Waals surface area contributed by atoms with Gasteiger partial charge in [-0.15, -0.1) is 0 Å². The summed E-state index contributed by atoms with van der Waals surface area (Å²) in [4.78, 5) is 23.3. The molecule has 1 heterocycles. The van der Waals surface area contributed by atoms with Crippen molar-refractivity contribution >= 4 is 11.7 Å². The Morgan fingerprint density at radius 2 is 2.22 bits per heavy atom. The predicted octanol–water partition coefficient (Wildman–Crippen LogP) is 1.78. The fourth-order valence-corrected chi connectivity index (χ4v) is 1.30. The molecular weight excluding hydrogens is 257 g/mol. The van der Waals surface area contributed by atoms with Crippen molar-refractivity contribution in [3.63, 3.8) is 0 Å². The zero-order valence-electron chi connectivity index (χ0n) is 9.02. The summed E-state index contributed by atoms with van der Waals surface area (Å²) in [5.74, 6) is -2.52. The predicted molar refractivity (Wildman–Crippen MR) is 51.5 cm³/mol. The van der Waals surface area contributed by atoms with Gasteiger partial charge in [-0.05, 0) is 0 Å². The molecule has 0 saturated heterocycles. The second kappa shape index (κ2) is 5.43. The van der Waals surface area contributed by atoms with Gasteiger partial charge in [0, 0.05) is 11.8 Å². The van der Waals surface area contributed by atoms with Crippen molar-refractivity contribution in [1.82, 2.24) is 4.98 Å². The van der Waals surface area contributed by atoms with E-state index in [1.165, 1.54) is 0 Å². The molecule has 0 aliphatic carbocycles. The van der Waals surface area contributed by atoms with Crippen LogP contribution in [0.2, 0.25) is 0 Å². The van der Waals surface area contributed by atoms with E-state index >= 15 is 0 Å². The minimum Gasteiger partial charge on any atom is -0.469 e. The monoisotopic (exact) mass is 264 g/mol. The van der Waals surface area contributed by atoms with Crippen LogP contribution in [0.4, 0.5) is 18.9 Å². The molecule has 0 saturated carbocycles. The van der Waals surface area contributed by atoms with E-state index in [-0.39, 0.29) is 0 Å². The summed E-state index contributed by atoms with van der Waals surface area (Å²) < 4.78 is 42.6. The van der Waals surface area contributed by atoms with Crippen LogP contribution >= 0.6 is 0 Å². The Hall–Kier alpha value is -2.19. The zero-order chi connectivity index (χ0) is 13.9. The number of methoxy groups -OCH3 is 1. The Balaban J connectivity index is 3.43. The molecule has 1 rings (SSSR count). The van der Waals surface area contributed by atoms with Crippen molar-refractivity contribution in [3.8, 4) is 0 Å². The molecule has 0 spiro atoms. The van der Waals surface area contributed by atoms with Crippen LogP contribution in [0.15, 0.2) is 6.20 Å². The number of ether oxygens (including phenoxy) is 1. The van der Waals surface area contributed by atoms with Gasteiger partial charge in [0.25, 0.3) is 12.4 Å². The van der Waals surface area contributed by atoms with E-state index in [0.29, 0.717) is 6.20 Å². The lowest BCUT2D eigenvalue weighted by Crippen LogP contribution is -2.12. The van der Waals surface area contributed by atoms with Crippen molar-refractivity contribution in [3.05, 3.63) is 33.4 Å². The van der Waals surface area contributed by atoms with E-state index in [4.69, 9.17) is 0 Å². The van der Waals surface area contributed by atoms with Gasteiger partial charge in [-0.1, -0.05) is 0 Å². The molecule has 0 bridgehead atoms. The number of rotatable bonds is 4. The SMILES string of the molecule is COC(=O)Cc1c(C(F)F)cnc(F)c1[N+](=O)[O-]. The maximum Gasteiger partial charge on any atom is 0.328 e. The third-order valence-corrected chi connectivity index (χ3v) is 2.11. The molecule has 18 heavy (non-hydrogen) atoms. The van der Waals surface area contributed by atoms with Gasteiger partial charge in [0.15, 0.2) is 0 Å². The van der Waals surface area contributed by atoms with Crippen molar-refractivity contribution in [2.75, 3.05) is 7.11 Å². The average molecular weight is 264 g/mol. The van der Waals surface area contributed by atoms with Gasteiger partial charge in [-0.25, -0.2) is 13.8 Å². The maximum absolute atomic E-state index is 13.1. The highest BCUT2D eigenvalue weighted by atomic mass is 19.3. The van der Waals surface area contributed by atoms with Crippen molar-refractivity contribution in [2.24, 2.45) is 0 Å². The summed E-state index contributed by atoms with van der Waals surface area (Å²) >= 11 is 0. The first kappa shape index (κ1) is 13.9. The second-order valence-electron chi connectivity index (χ2n) is 3.14. The van der Waals surface area contributed by atoms with Crippen LogP contribution in [-0.4, -0.2) is 23.0 Å². The summed E-state index contributed by atoms with van der Waals surface area (Å²) in [6.45, 7) is 0. The first-order chi connectivity index (χ1) is 8.38. The molecule has 0 N–H and O–H groups in total. The van der Waals surface area contributed by atoms with Crippen molar-refractivity contribution in [1.29, 1.82) is 0 Å². The Morgan fingerprint density at radius 1 is 1.61 bits per heavy atom. The largest absolute Gasteiger partial charge is 0.469 e. The van der Waals surface area contributed by atoms with Crippen LogP contribution < -0.4 is 0 Å². The van der Waals surface area contributed by atoms with Gasteiger partial charge in [0.1, 0.15) is 0 Å². The lowest BCUT2D eigenvalue weighted by molar-refractivity contribution is -0.388. The number of nitrogens with zero attached hydrogens (tertiary/aromatic N) is 2. The molecule has 1 aromatic rings. The minimum atomic E-state index is -3.11. The Morgan fingerprint density at radius 3 is 2.67 bits per heavy atom. The summed E-state index contributed by atoms with van der Waals surface area (Å²) in [6.07, 6.45) is -3.48. The number of halogens is 3. The first-order valence-corrected chi connectivity index (χ1v) is 4.55. The first-order valence-electron chi connectivity index (χ1n) is 4.55. The van der Waals surface area contributed by atoms with Crippen LogP contribution in [0.5, 0.6) is 0 Å². The summed E-state index contributed by atoms with van der Waals surface area (Å²) in [5.41, 5.74) is -2.83. The van der Waals surface area contributed by atoms with E-state index in [0.717, 1.165) is 7.11 Å². The Bertz CT molecular complexity index is 493. The molecule has 0 aliphatic rings. The highest BCUT2D eigenvalue weighted by Gasteiger charge is 2.30. The van der Waals surface area contributed by atoms with Crippen molar-refractivity contribution in [2.45, 2.75) is 12.8 Å². The van der Waals surface area contributed by atoms with Crippen LogP contribution in [0.25, 0.3) is 0 Å². The number of nitro groups is 1. The quantitative estimate of drug-likeness (QED) is 0.358.